The minimum absolute atomic E-state index is 0.0657. The molecular formula is C21H20F3N3O2. The summed E-state index contributed by atoms with van der Waals surface area (Å²) in [7, 11) is 1.39. The third-order valence-corrected chi connectivity index (χ3v) is 5.10. The van der Waals surface area contributed by atoms with Crippen LogP contribution >= 0.6 is 0 Å². The number of halogens is 3. The summed E-state index contributed by atoms with van der Waals surface area (Å²) in [4.78, 5) is 12.9. The topological polar surface area (TPSA) is 67.4 Å². The number of hydrogen-bond donors (Lipinski definition) is 0. The third kappa shape index (κ3) is 4.04. The highest BCUT2D eigenvalue weighted by Gasteiger charge is 2.37. The molecule has 0 saturated heterocycles. The summed E-state index contributed by atoms with van der Waals surface area (Å²) in [6.45, 7) is 1.97. The molecule has 0 spiro atoms. The first-order chi connectivity index (χ1) is 13.8. The van der Waals surface area contributed by atoms with E-state index in [9.17, 15) is 23.2 Å². The molecule has 0 amide bonds. The molecule has 1 fully saturated rings. The second kappa shape index (κ2) is 8.11. The van der Waals surface area contributed by atoms with Crippen LogP contribution in [-0.4, -0.2) is 17.5 Å². The van der Waals surface area contributed by atoms with Crippen LogP contribution in [0.4, 0.5) is 13.2 Å². The molecule has 1 atom stereocenters. The molecule has 1 unspecified atom stereocenters. The van der Waals surface area contributed by atoms with E-state index >= 15 is 0 Å². The third-order valence-electron chi connectivity index (χ3n) is 5.10. The number of nitriles is 1. The van der Waals surface area contributed by atoms with Crippen molar-refractivity contribution in [3.8, 4) is 23.1 Å². The minimum atomic E-state index is -4.86. The molecule has 1 heterocycles. The number of ether oxygens (including phenoxy) is 1. The normalized spacial score (nSPS) is 18.5. The van der Waals surface area contributed by atoms with Crippen molar-refractivity contribution in [2.75, 3.05) is 7.11 Å². The molecule has 1 aliphatic rings. The molecule has 8 heteroatoms. The van der Waals surface area contributed by atoms with Crippen LogP contribution in [0.3, 0.4) is 0 Å². The fourth-order valence-corrected chi connectivity index (χ4v) is 3.53. The highest BCUT2D eigenvalue weighted by Crippen LogP contribution is 2.36. The van der Waals surface area contributed by atoms with Gasteiger partial charge in [0.05, 0.1) is 18.4 Å². The lowest BCUT2D eigenvalue weighted by molar-refractivity contribution is -0.137. The fourth-order valence-electron chi connectivity index (χ4n) is 3.53. The van der Waals surface area contributed by atoms with Crippen molar-refractivity contribution in [3.63, 3.8) is 0 Å². The Labute approximate surface area is 166 Å². The molecule has 1 aromatic heterocycles. The summed E-state index contributed by atoms with van der Waals surface area (Å²) in [5, 5.41) is 13.7. The molecule has 1 aliphatic carbocycles. The van der Waals surface area contributed by atoms with E-state index in [4.69, 9.17) is 4.74 Å². The monoisotopic (exact) mass is 403 g/mol. The predicted octanol–water partition coefficient (Wildman–Crippen LogP) is 4.83. The second-order valence-electron chi connectivity index (χ2n) is 6.98. The molecular weight excluding hydrogens is 383 g/mol. The van der Waals surface area contributed by atoms with Gasteiger partial charge in [-0.1, -0.05) is 25.5 Å². The van der Waals surface area contributed by atoms with Gasteiger partial charge in [0.2, 0.25) is 0 Å². The minimum Gasteiger partial charge on any atom is -0.496 e. The molecule has 29 heavy (non-hydrogen) atoms. The van der Waals surface area contributed by atoms with Crippen LogP contribution in [-0.2, 0) is 6.18 Å². The smallest absolute Gasteiger partial charge is 0.417 e. The van der Waals surface area contributed by atoms with E-state index in [1.807, 2.05) is 6.92 Å². The van der Waals surface area contributed by atoms with Gasteiger partial charge in [0.1, 0.15) is 17.4 Å². The Kier molecular flexibility index (Phi) is 5.78. The lowest BCUT2D eigenvalue weighted by Crippen LogP contribution is -2.28. The van der Waals surface area contributed by atoms with Crippen molar-refractivity contribution in [2.45, 2.75) is 38.8 Å². The SMILES string of the molecule is COc1ccccc1-c1cc(C(F)(F)F)c(C#N)c(=O)n1/N=C1/CCCCC1C. The Balaban J connectivity index is 2.38. The average molecular weight is 403 g/mol. The number of nitrogens with zero attached hydrogens (tertiary/aromatic N) is 3. The van der Waals surface area contributed by atoms with Crippen LogP contribution in [0.2, 0.25) is 0 Å². The van der Waals surface area contributed by atoms with Gasteiger partial charge in [-0.2, -0.15) is 28.2 Å². The Hall–Kier alpha value is -3.08. The van der Waals surface area contributed by atoms with Crippen LogP contribution in [0.15, 0.2) is 40.2 Å². The van der Waals surface area contributed by atoms with E-state index in [2.05, 4.69) is 5.10 Å². The average Bonchev–Trinajstić information content (AvgIpc) is 2.69. The van der Waals surface area contributed by atoms with E-state index < -0.39 is 22.9 Å². The van der Waals surface area contributed by atoms with Gasteiger partial charge in [-0.05, 0) is 43.4 Å². The molecule has 5 nitrogen and oxygen atoms in total. The molecule has 0 aliphatic heterocycles. The first kappa shape index (κ1) is 20.6. The van der Waals surface area contributed by atoms with Gasteiger partial charge in [-0.15, -0.1) is 0 Å². The van der Waals surface area contributed by atoms with Crippen molar-refractivity contribution < 1.29 is 17.9 Å². The number of aromatic nitrogens is 1. The zero-order chi connectivity index (χ0) is 21.2. The largest absolute Gasteiger partial charge is 0.496 e. The van der Waals surface area contributed by atoms with Gasteiger partial charge in [0.25, 0.3) is 5.56 Å². The van der Waals surface area contributed by atoms with Crippen molar-refractivity contribution in [2.24, 2.45) is 11.0 Å². The molecule has 0 radical (unpaired) electrons. The van der Waals surface area contributed by atoms with Gasteiger partial charge >= 0.3 is 6.18 Å². The van der Waals surface area contributed by atoms with Crippen molar-refractivity contribution in [3.05, 3.63) is 51.8 Å². The number of pyridine rings is 1. The summed E-state index contributed by atoms with van der Waals surface area (Å²) in [5.74, 6) is 0.407. The predicted molar refractivity (Wildman–Crippen MR) is 103 cm³/mol. The van der Waals surface area contributed by atoms with E-state index in [0.717, 1.165) is 35.7 Å². The van der Waals surface area contributed by atoms with Crippen molar-refractivity contribution in [1.29, 1.82) is 5.26 Å². The van der Waals surface area contributed by atoms with Crippen LogP contribution in [0.5, 0.6) is 5.75 Å². The molecule has 0 N–H and O–H groups in total. The van der Waals surface area contributed by atoms with Crippen molar-refractivity contribution >= 4 is 5.71 Å². The van der Waals surface area contributed by atoms with Gasteiger partial charge in [-0.3, -0.25) is 4.79 Å². The van der Waals surface area contributed by atoms with Gasteiger partial charge in [0.15, 0.2) is 0 Å². The molecule has 152 valence electrons. The maximum absolute atomic E-state index is 13.6. The number of hydrogen-bond acceptors (Lipinski definition) is 4. The van der Waals surface area contributed by atoms with Gasteiger partial charge in [0, 0.05) is 11.3 Å². The molecule has 0 bridgehead atoms. The van der Waals surface area contributed by atoms with E-state index in [1.165, 1.54) is 13.2 Å². The van der Waals surface area contributed by atoms with Gasteiger partial charge < -0.3 is 4.74 Å². The summed E-state index contributed by atoms with van der Waals surface area (Å²) in [5.41, 5.74) is -2.38. The van der Waals surface area contributed by atoms with Crippen LogP contribution in [0.25, 0.3) is 11.3 Å². The highest BCUT2D eigenvalue weighted by molar-refractivity contribution is 5.87. The maximum Gasteiger partial charge on any atom is 0.417 e. The molecule has 2 aromatic rings. The highest BCUT2D eigenvalue weighted by atomic mass is 19.4. The molecule has 1 aromatic carbocycles. The van der Waals surface area contributed by atoms with E-state index in [0.29, 0.717) is 12.2 Å². The Morgan fingerprint density at radius 3 is 2.62 bits per heavy atom. The first-order valence-corrected chi connectivity index (χ1v) is 9.26. The van der Waals surface area contributed by atoms with E-state index in [1.54, 1.807) is 24.3 Å². The lowest BCUT2D eigenvalue weighted by atomic mass is 9.89. The number of benzene rings is 1. The number of methoxy groups -OCH3 is 1. The summed E-state index contributed by atoms with van der Waals surface area (Å²) in [6, 6.07) is 8.67. The standard InChI is InChI=1S/C21H20F3N3O2/c1-13-7-3-5-9-17(13)26-27-18(14-8-4-6-10-19(14)29-2)11-16(21(22,23)24)15(12-25)20(27)28/h4,6,8,10-11,13H,3,5,7,9H2,1-2H3/b26-17-. The lowest BCUT2D eigenvalue weighted by Gasteiger charge is -2.22. The van der Waals surface area contributed by atoms with Crippen LogP contribution < -0.4 is 10.3 Å². The number of rotatable bonds is 3. The Morgan fingerprint density at radius 2 is 2.00 bits per heavy atom. The van der Waals surface area contributed by atoms with Gasteiger partial charge in [-0.25, -0.2) is 0 Å². The van der Waals surface area contributed by atoms with Crippen LogP contribution in [0, 0.1) is 17.2 Å². The maximum atomic E-state index is 13.6. The Morgan fingerprint density at radius 1 is 1.28 bits per heavy atom. The van der Waals surface area contributed by atoms with E-state index in [-0.39, 0.29) is 17.2 Å². The zero-order valence-corrected chi connectivity index (χ0v) is 16.1. The molecule has 3 rings (SSSR count). The van der Waals surface area contributed by atoms with Crippen molar-refractivity contribution in [1.82, 2.24) is 4.68 Å². The fraction of sp³-hybridized carbons (Fsp3) is 0.381. The zero-order valence-electron chi connectivity index (χ0n) is 16.1. The number of alkyl halides is 3. The quantitative estimate of drug-likeness (QED) is 0.737. The molecule has 1 saturated carbocycles. The summed E-state index contributed by atoms with van der Waals surface area (Å²) >= 11 is 0. The first-order valence-electron chi connectivity index (χ1n) is 9.26. The Bertz CT molecular complexity index is 1050. The second-order valence-corrected chi connectivity index (χ2v) is 6.98. The van der Waals surface area contributed by atoms with Crippen LogP contribution in [0.1, 0.15) is 43.7 Å². The summed E-state index contributed by atoms with van der Waals surface area (Å²) in [6.07, 6.45) is -1.38. The number of para-hydroxylation sites is 1. The summed E-state index contributed by atoms with van der Waals surface area (Å²) < 4.78 is 46.9.